The first-order chi connectivity index (χ1) is 15.6. The van der Waals surface area contributed by atoms with Crippen LogP contribution in [0.1, 0.15) is 62.0 Å². The van der Waals surface area contributed by atoms with Gasteiger partial charge in [0.2, 0.25) is 5.91 Å². The van der Waals surface area contributed by atoms with E-state index in [1.54, 1.807) is 0 Å². The van der Waals surface area contributed by atoms with E-state index >= 15 is 0 Å². The van der Waals surface area contributed by atoms with Gasteiger partial charge in [-0.1, -0.05) is 6.92 Å². The van der Waals surface area contributed by atoms with Gasteiger partial charge >= 0.3 is 0 Å². The fraction of sp³-hybridized carbons (Fsp3) is 0.800. The summed E-state index contributed by atoms with van der Waals surface area (Å²) in [5.74, 6) is 3.80. The van der Waals surface area contributed by atoms with Crippen LogP contribution in [-0.4, -0.2) is 84.7 Å². The lowest BCUT2D eigenvalue weighted by atomic mass is 9.94. The molecule has 1 aromatic heterocycles. The average Bonchev–Trinajstić information content (AvgIpc) is 3.64. The number of aryl methyl sites for hydroxylation is 1. The summed E-state index contributed by atoms with van der Waals surface area (Å²) >= 11 is 0. The van der Waals surface area contributed by atoms with Crippen LogP contribution in [0.25, 0.3) is 0 Å². The zero-order valence-electron chi connectivity index (χ0n) is 19.9. The number of rotatable bonds is 6. The van der Waals surface area contributed by atoms with Gasteiger partial charge in [0.25, 0.3) is 0 Å². The van der Waals surface area contributed by atoms with Crippen molar-refractivity contribution in [3.8, 4) is 0 Å². The van der Waals surface area contributed by atoms with Crippen LogP contribution in [0.5, 0.6) is 0 Å². The lowest BCUT2D eigenvalue weighted by molar-refractivity contribution is -0.137. The van der Waals surface area contributed by atoms with Crippen molar-refractivity contribution < 1.29 is 9.53 Å². The van der Waals surface area contributed by atoms with Crippen molar-refractivity contribution in [2.75, 3.05) is 63.9 Å². The van der Waals surface area contributed by atoms with Crippen molar-refractivity contribution in [3.63, 3.8) is 0 Å². The molecule has 1 unspecified atom stereocenters. The van der Waals surface area contributed by atoms with Gasteiger partial charge in [-0.2, -0.15) is 0 Å². The third-order valence-electron chi connectivity index (χ3n) is 7.77. The molecule has 176 valence electrons. The number of ether oxygens (including phenoxy) is 1. The first kappa shape index (κ1) is 22.1. The van der Waals surface area contributed by atoms with E-state index in [0.717, 1.165) is 90.0 Å². The molecule has 3 aliphatic heterocycles. The third-order valence-corrected chi connectivity index (χ3v) is 7.77. The topological polar surface area (TPSA) is 61.8 Å². The Morgan fingerprint density at radius 2 is 1.81 bits per heavy atom. The minimum Gasteiger partial charge on any atom is -0.379 e. The van der Waals surface area contributed by atoms with Gasteiger partial charge in [0.15, 0.2) is 0 Å². The van der Waals surface area contributed by atoms with Gasteiger partial charge in [0.05, 0.1) is 13.2 Å². The number of likely N-dealkylation sites (tertiary alicyclic amines) is 1. The van der Waals surface area contributed by atoms with Crippen molar-refractivity contribution in [2.24, 2.45) is 11.8 Å². The van der Waals surface area contributed by atoms with Gasteiger partial charge in [-0.3, -0.25) is 9.69 Å². The Bertz CT molecular complexity index is 813. The van der Waals surface area contributed by atoms with Gasteiger partial charge in [-0.05, 0) is 51.4 Å². The average molecular weight is 442 g/mol. The molecule has 5 rings (SSSR count). The second kappa shape index (κ2) is 9.64. The van der Waals surface area contributed by atoms with E-state index in [0.29, 0.717) is 11.8 Å². The van der Waals surface area contributed by atoms with Crippen LogP contribution in [0.3, 0.4) is 0 Å². The Balaban J connectivity index is 1.20. The van der Waals surface area contributed by atoms with E-state index in [1.165, 1.54) is 36.3 Å². The molecule has 0 aromatic carbocycles. The molecule has 4 aliphatic rings. The van der Waals surface area contributed by atoms with Gasteiger partial charge < -0.3 is 14.5 Å². The molecule has 0 spiro atoms. The molecule has 32 heavy (non-hydrogen) atoms. The molecule has 0 bridgehead atoms. The Kier molecular flexibility index (Phi) is 6.65. The highest BCUT2D eigenvalue weighted by Crippen LogP contribution is 2.36. The lowest BCUT2D eigenvalue weighted by Gasteiger charge is -2.36. The molecule has 4 heterocycles. The second-order valence-electron chi connectivity index (χ2n) is 10.4. The van der Waals surface area contributed by atoms with E-state index in [1.807, 2.05) is 0 Å². The highest BCUT2D eigenvalue weighted by atomic mass is 16.5. The standard InChI is InChI=1S/C25H39N5O2/c1-18(16-28-12-14-32-15-13-28)25(31)29-10-7-21(8-11-29)23-26-19(2)22-4-3-9-30(24(22)27-23)17-20-5-6-20/h18,20-21H,3-17H2,1-2H3. The summed E-state index contributed by atoms with van der Waals surface area (Å²) in [5.41, 5.74) is 2.54. The Morgan fingerprint density at radius 1 is 1.06 bits per heavy atom. The maximum absolute atomic E-state index is 13.0. The molecular formula is C25H39N5O2. The summed E-state index contributed by atoms with van der Waals surface area (Å²) < 4.78 is 5.43. The summed E-state index contributed by atoms with van der Waals surface area (Å²) in [6.45, 7) is 12.5. The van der Waals surface area contributed by atoms with Crippen LogP contribution in [0, 0.1) is 18.8 Å². The molecule has 0 N–H and O–H groups in total. The maximum atomic E-state index is 13.0. The summed E-state index contributed by atoms with van der Waals surface area (Å²) in [5, 5.41) is 0. The number of anilines is 1. The van der Waals surface area contributed by atoms with E-state index in [2.05, 4.69) is 28.5 Å². The van der Waals surface area contributed by atoms with E-state index < -0.39 is 0 Å². The van der Waals surface area contributed by atoms with E-state index in [9.17, 15) is 4.79 Å². The predicted molar refractivity (Wildman–Crippen MR) is 125 cm³/mol. The van der Waals surface area contributed by atoms with Crippen LogP contribution >= 0.6 is 0 Å². The summed E-state index contributed by atoms with van der Waals surface area (Å²) in [7, 11) is 0. The number of fused-ring (bicyclic) bond motifs is 1. The quantitative estimate of drug-likeness (QED) is 0.676. The van der Waals surface area contributed by atoms with Crippen LogP contribution in [-0.2, 0) is 16.0 Å². The number of carbonyl (C=O) groups excluding carboxylic acids is 1. The SMILES string of the molecule is Cc1nc(C2CCN(C(=O)C(C)CN3CCOCC3)CC2)nc2c1CCCN2CC1CC1. The third kappa shape index (κ3) is 4.93. The molecule has 1 saturated carbocycles. The van der Waals surface area contributed by atoms with Crippen LogP contribution in [0.15, 0.2) is 0 Å². The van der Waals surface area contributed by atoms with Crippen molar-refractivity contribution >= 4 is 11.7 Å². The van der Waals surface area contributed by atoms with Gasteiger partial charge in [-0.25, -0.2) is 9.97 Å². The Morgan fingerprint density at radius 3 is 2.53 bits per heavy atom. The van der Waals surface area contributed by atoms with Crippen LogP contribution < -0.4 is 4.90 Å². The number of hydrogen-bond donors (Lipinski definition) is 0. The number of hydrogen-bond acceptors (Lipinski definition) is 6. The zero-order chi connectivity index (χ0) is 22.1. The second-order valence-corrected chi connectivity index (χ2v) is 10.4. The molecule has 7 nitrogen and oxygen atoms in total. The lowest BCUT2D eigenvalue weighted by Crippen LogP contribution is -2.46. The fourth-order valence-corrected chi connectivity index (χ4v) is 5.60. The van der Waals surface area contributed by atoms with Crippen molar-refractivity contribution in [1.82, 2.24) is 19.8 Å². The van der Waals surface area contributed by atoms with Gasteiger partial charge in [0, 0.05) is 68.9 Å². The first-order valence-corrected chi connectivity index (χ1v) is 12.8. The first-order valence-electron chi connectivity index (χ1n) is 12.8. The van der Waals surface area contributed by atoms with Crippen molar-refractivity contribution in [2.45, 2.75) is 58.3 Å². The molecule has 1 atom stereocenters. The summed E-state index contributed by atoms with van der Waals surface area (Å²) in [4.78, 5) is 30.1. The fourth-order valence-electron chi connectivity index (χ4n) is 5.60. The number of nitrogens with zero attached hydrogens (tertiary/aromatic N) is 5. The maximum Gasteiger partial charge on any atom is 0.226 e. The molecule has 1 amide bonds. The smallest absolute Gasteiger partial charge is 0.226 e. The molecule has 1 aliphatic carbocycles. The number of amides is 1. The van der Waals surface area contributed by atoms with Crippen molar-refractivity contribution in [3.05, 3.63) is 17.1 Å². The highest BCUT2D eigenvalue weighted by molar-refractivity contribution is 5.78. The Labute approximate surface area is 192 Å². The van der Waals surface area contributed by atoms with E-state index in [4.69, 9.17) is 14.7 Å². The molecule has 1 aromatic rings. The summed E-state index contributed by atoms with van der Waals surface area (Å²) in [6.07, 6.45) is 7.01. The molecule has 0 radical (unpaired) electrons. The molecular weight excluding hydrogens is 402 g/mol. The minimum atomic E-state index is 0.0443. The normalized spacial score (nSPS) is 23.8. The van der Waals surface area contributed by atoms with E-state index in [-0.39, 0.29) is 5.92 Å². The summed E-state index contributed by atoms with van der Waals surface area (Å²) in [6, 6.07) is 0. The monoisotopic (exact) mass is 441 g/mol. The minimum absolute atomic E-state index is 0.0443. The molecule has 7 heteroatoms. The molecule has 2 saturated heterocycles. The largest absolute Gasteiger partial charge is 0.379 e. The predicted octanol–water partition coefficient (Wildman–Crippen LogP) is 2.62. The van der Waals surface area contributed by atoms with Gasteiger partial charge in [0.1, 0.15) is 11.6 Å². The van der Waals surface area contributed by atoms with Crippen LogP contribution in [0.2, 0.25) is 0 Å². The zero-order valence-corrected chi connectivity index (χ0v) is 19.9. The van der Waals surface area contributed by atoms with Crippen molar-refractivity contribution in [1.29, 1.82) is 0 Å². The Hall–Kier alpha value is -1.73. The molecule has 3 fully saturated rings. The number of morpholine rings is 1. The highest BCUT2D eigenvalue weighted by Gasteiger charge is 2.32. The number of carbonyl (C=O) groups is 1. The number of aromatic nitrogens is 2. The van der Waals surface area contributed by atoms with Crippen LogP contribution in [0.4, 0.5) is 5.82 Å². The number of piperidine rings is 1. The van der Waals surface area contributed by atoms with Gasteiger partial charge in [-0.15, -0.1) is 0 Å².